The second kappa shape index (κ2) is 8.09. The van der Waals surface area contributed by atoms with E-state index in [4.69, 9.17) is 5.11 Å². The summed E-state index contributed by atoms with van der Waals surface area (Å²) in [6.45, 7) is 4.88. The maximum atomic E-state index is 12.4. The van der Waals surface area contributed by atoms with Gasteiger partial charge in [-0.25, -0.2) is 4.68 Å². The molecule has 2 rings (SSSR count). The van der Waals surface area contributed by atoms with Crippen molar-refractivity contribution in [2.45, 2.75) is 38.6 Å². The standard InChI is InChI=1S/C14H25N5O2/c1-2-3-4-5-6-18(7-8-20)14(21)13-11-19(17-16-13)12-9-15-10-12/h11-12,15,20H,2-10H2,1H3. The maximum absolute atomic E-state index is 12.4. The van der Waals surface area contributed by atoms with E-state index in [2.05, 4.69) is 22.6 Å². The zero-order chi connectivity index (χ0) is 15.1. The summed E-state index contributed by atoms with van der Waals surface area (Å²) in [5.74, 6) is -0.140. The van der Waals surface area contributed by atoms with E-state index in [1.165, 1.54) is 6.42 Å². The van der Waals surface area contributed by atoms with Crippen LogP contribution in [0.3, 0.4) is 0 Å². The van der Waals surface area contributed by atoms with Crippen molar-refractivity contribution >= 4 is 5.91 Å². The van der Waals surface area contributed by atoms with Gasteiger partial charge in [-0.2, -0.15) is 0 Å². The van der Waals surface area contributed by atoms with Crippen LogP contribution in [0.4, 0.5) is 0 Å². The van der Waals surface area contributed by atoms with E-state index in [0.717, 1.165) is 32.4 Å². The molecule has 0 atom stereocenters. The van der Waals surface area contributed by atoms with Gasteiger partial charge in [0, 0.05) is 26.2 Å². The highest BCUT2D eigenvalue weighted by atomic mass is 16.3. The van der Waals surface area contributed by atoms with Gasteiger partial charge in [0.2, 0.25) is 0 Å². The molecule has 0 unspecified atom stereocenters. The predicted molar refractivity (Wildman–Crippen MR) is 79.1 cm³/mol. The van der Waals surface area contributed by atoms with Gasteiger partial charge < -0.3 is 15.3 Å². The van der Waals surface area contributed by atoms with Gasteiger partial charge in [-0.05, 0) is 6.42 Å². The Hall–Kier alpha value is -1.47. The summed E-state index contributed by atoms with van der Waals surface area (Å²) in [5, 5.41) is 20.3. The second-order valence-electron chi connectivity index (χ2n) is 5.47. The third-order valence-corrected chi connectivity index (χ3v) is 3.80. The molecule has 1 aliphatic rings. The highest BCUT2D eigenvalue weighted by molar-refractivity contribution is 5.91. The number of nitrogens with one attached hydrogen (secondary N) is 1. The van der Waals surface area contributed by atoms with Crippen LogP contribution >= 0.6 is 0 Å². The van der Waals surface area contributed by atoms with Crippen molar-refractivity contribution in [3.05, 3.63) is 11.9 Å². The van der Waals surface area contributed by atoms with Gasteiger partial charge in [-0.1, -0.05) is 31.4 Å². The molecule has 0 aliphatic carbocycles. The summed E-state index contributed by atoms with van der Waals surface area (Å²) >= 11 is 0. The molecule has 21 heavy (non-hydrogen) atoms. The number of hydrogen-bond acceptors (Lipinski definition) is 5. The number of aliphatic hydroxyl groups excluding tert-OH is 1. The average molecular weight is 295 g/mol. The molecule has 1 aromatic rings. The van der Waals surface area contributed by atoms with Gasteiger partial charge in [0.25, 0.3) is 5.91 Å². The molecular formula is C14H25N5O2. The Morgan fingerprint density at radius 1 is 1.43 bits per heavy atom. The van der Waals surface area contributed by atoms with Gasteiger partial charge in [0.05, 0.1) is 18.8 Å². The van der Waals surface area contributed by atoms with E-state index in [-0.39, 0.29) is 12.5 Å². The number of rotatable bonds is 9. The number of carbonyl (C=O) groups is 1. The van der Waals surface area contributed by atoms with Crippen LogP contribution in [-0.4, -0.2) is 63.7 Å². The first-order valence-electron chi connectivity index (χ1n) is 7.79. The van der Waals surface area contributed by atoms with Crippen LogP contribution in [0.15, 0.2) is 6.20 Å². The fraction of sp³-hybridized carbons (Fsp3) is 0.786. The van der Waals surface area contributed by atoms with Crippen LogP contribution in [0.1, 0.15) is 49.1 Å². The van der Waals surface area contributed by atoms with Crippen molar-refractivity contribution in [2.75, 3.05) is 32.8 Å². The Kier molecular flexibility index (Phi) is 6.13. The highest BCUT2D eigenvalue weighted by Gasteiger charge is 2.23. The lowest BCUT2D eigenvalue weighted by Gasteiger charge is -2.26. The van der Waals surface area contributed by atoms with Gasteiger partial charge >= 0.3 is 0 Å². The number of nitrogens with zero attached hydrogens (tertiary/aromatic N) is 4. The van der Waals surface area contributed by atoms with Crippen LogP contribution in [0.2, 0.25) is 0 Å². The van der Waals surface area contributed by atoms with E-state index in [0.29, 0.717) is 24.8 Å². The Bertz CT molecular complexity index is 444. The molecule has 7 heteroatoms. The molecule has 0 aromatic carbocycles. The minimum absolute atomic E-state index is 0.0276. The minimum atomic E-state index is -0.140. The molecule has 1 saturated heterocycles. The van der Waals surface area contributed by atoms with E-state index in [9.17, 15) is 4.79 Å². The maximum Gasteiger partial charge on any atom is 0.276 e. The lowest BCUT2D eigenvalue weighted by atomic mass is 10.2. The first-order valence-corrected chi connectivity index (χ1v) is 7.79. The molecule has 0 spiro atoms. The topological polar surface area (TPSA) is 83.3 Å². The van der Waals surface area contributed by atoms with E-state index in [1.807, 2.05) is 0 Å². The van der Waals surface area contributed by atoms with Crippen molar-refractivity contribution < 1.29 is 9.90 Å². The van der Waals surface area contributed by atoms with Gasteiger partial charge in [-0.15, -0.1) is 5.10 Å². The minimum Gasteiger partial charge on any atom is -0.395 e. The van der Waals surface area contributed by atoms with Crippen LogP contribution in [0, 0.1) is 0 Å². The molecule has 0 saturated carbocycles. The molecule has 1 amide bonds. The zero-order valence-corrected chi connectivity index (χ0v) is 12.7. The quantitative estimate of drug-likeness (QED) is 0.646. The smallest absolute Gasteiger partial charge is 0.276 e. The summed E-state index contributed by atoms with van der Waals surface area (Å²) < 4.78 is 1.75. The average Bonchev–Trinajstić information content (AvgIpc) is 2.89. The van der Waals surface area contributed by atoms with Crippen LogP contribution in [0.25, 0.3) is 0 Å². The Morgan fingerprint density at radius 3 is 2.86 bits per heavy atom. The lowest BCUT2D eigenvalue weighted by Crippen LogP contribution is -2.43. The molecule has 1 fully saturated rings. The molecule has 2 heterocycles. The first kappa shape index (κ1) is 15.9. The van der Waals surface area contributed by atoms with Crippen LogP contribution in [0.5, 0.6) is 0 Å². The molecule has 7 nitrogen and oxygen atoms in total. The first-order chi connectivity index (χ1) is 10.3. The Labute approximate surface area is 125 Å². The van der Waals surface area contributed by atoms with Crippen molar-refractivity contribution in [1.82, 2.24) is 25.2 Å². The molecule has 1 aromatic heterocycles. The van der Waals surface area contributed by atoms with E-state index in [1.54, 1.807) is 15.8 Å². The second-order valence-corrected chi connectivity index (χ2v) is 5.47. The van der Waals surface area contributed by atoms with Crippen molar-refractivity contribution in [3.63, 3.8) is 0 Å². The highest BCUT2D eigenvalue weighted by Crippen LogP contribution is 2.11. The molecule has 0 bridgehead atoms. The van der Waals surface area contributed by atoms with Gasteiger partial charge in [0.15, 0.2) is 5.69 Å². The summed E-state index contributed by atoms with van der Waals surface area (Å²) in [6.07, 6.45) is 6.11. The molecule has 118 valence electrons. The molecule has 0 radical (unpaired) electrons. The predicted octanol–water partition coefficient (Wildman–Crippen LogP) is 0.437. The monoisotopic (exact) mass is 295 g/mol. The van der Waals surface area contributed by atoms with Gasteiger partial charge in [-0.3, -0.25) is 4.79 Å². The fourth-order valence-electron chi connectivity index (χ4n) is 2.34. The van der Waals surface area contributed by atoms with Crippen LogP contribution < -0.4 is 5.32 Å². The Morgan fingerprint density at radius 2 is 2.24 bits per heavy atom. The number of aromatic nitrogens is 3. The number of aliphatic hydroxyl groups is 1. The zero-order valence-electron chi connectivity index (χ0n) is 12.7. The van der Waals surface area contributed by atoms with Gasteiger partial charge in [0.1, 0.15) is 0 Å². The molecular weight excluding hydrogens is 270 g/mol. The summed E-state index contributed by atoms with van der Waals surface area (Å²) in [5.41, 5.74) is 0.367. The van der Waals surface area contributed by atoms with E-state index < -0.39 is 0 Å². The number of hydrogen-bond donors (Lipinski definition) is 2. The molecule has 2 N–H and O–H groups in total. The summed E-state index contributed by atoms with van der Waals surface area (Å²) in [4.78, 5) is 14.1. The summed E-state index contributed by atoms with van der Waals surface area (Å²) in [7, 11) is 0. The Balaban J connectivity index is 1.91. The molecule has 1 aliphatic heterocycles. The third-order valence-electron chi connectivity index (χ3n) is 3.80. The van der Waals surface area contributed by atoms with Crippen molar-refractivity contribution in [2.24, 2.45) is 0 Å². The fourth-order valence-corrected chi connectivity index (χ4v) is 2.34. The number of carbonyl (C=O) groups excluding carboxylic acids is 1. The van der Waals surface area contributed by atoms with Crippen molar-refractivity contribution in [3.8, 4) is 0 Å². The summed E-state index contributed by atoms with van der Waals surface area (Å²) in [6, 6.07) is 0.301. The third kappa shape index (κ3) is 4.25. The van der Waals surface area contributed by atoms with Crippen molar-refractivity contribution in [1.29, 1.82) is 0 Å². The normalized spacial score (nSPS) is 15.0. The lowest BCUT2D eigenvalue weighted by molar-refractivity contribution is 0.0712. The van der Waals surface area contributed by atoms with Crippen LogP contribution in [-0.2, 0) is 0 Å². The SMILES string of the molecule is CCCCCCN(CCO)C(=O)c1cn(C2CNC2)nn1. The number of amides is 1. The largest absolute Gasteiger partial charge is 0.395 e. The number of unbranched alkanes of at least 4 members (excludes halogenated alkanes) is 3. The van der Waals surface area contributed by atoms with E-state index >= 15 is 0 Å².